The fourth-order valence-electron chi connectivity index (χ4n) is 2.19. The first kappa shape index (κ1) is 21.8. The zero-order chi connectivity index (χ0) is 19.4. The van der Waals surface area contributed by atoms with Crippen molar-refractivity contribution in [3.63, 3.8) is 0 Å². The second-order valence-electron chi connectivity index (χ2n) is 7.44. The maximum absolute atomic E-state index is 5.88. The van der Waals surface area contributed by atoms with E-state index in [9.17, 15) is 0 Å². The molecule has 26 heavy (non-hydrogen) atoms. The lowest BCUT2D eigenvalue weighted by Gasteiger charge is -2.08. The molecule has 1 aromatic rings. The van der Waals surface area contributed by atoms with Gasteiger partial charge in [-0.2, -0.15) is 0 Å². The second kappa shape index (κ2) is 12.2. The third-order valence-electron chi connectivity index (χ3n) is 3.94. The highest BCUT2D eigenvalue weighted by molar-refractivity contribution is 5.78. The van der Waals surface area contributed by atoms with Gasteiger partial charge in [-0.05, 0) is 35.8 Å². The smallest absolute Gasteiger partial charge is 0.188 e. The van der Waals surface area contributed by atoms with Crippen molar-refractivity contribution in [2.24, 2.45) is 33.3 Å². The predicted molar refractivity (Wildman–Crippen MR) is 112 cm³/mol. The maximum atomic E-state index is 5.88. The van der Waals surface area contributed by atoms with Crippen LogP contribution in [0.25, 0.3) is 0 Å². The number of nitrogens with two attached hydrogens (primary N) is 2. The average molecular weight is 361 g/mol. The summed E-state index contributed by atoms with van der Waals surface area (Å²) in [5, 5.41) is 6.28. The van der Waals surface area contributed by atoms with Crippen molar-refractivity contribution in [2.75, 3.05) is 13.1 Å². The van der Waals surface area contributed by atoms with Crippen molar-refractivity contribution in [1.29, 1.82) is 0 Å². The summed E-state index contributed by atoms with van der Waals surface area (Å²) in [6, 6.07) is 8.21. The summed E-state index contributed by atoms with van der Waals surface area (Å²) in [4.78, 5) is 8.74. The summed E-state index contributed by atoms with van der Waals surface area (Å²) in [5.41, 5.74) is 14.0. The van der Waals surface area contributed by atoms with Gasteiger partial charge in [0, 0.05) is 13.1 Å². The van der Waals surface area contributed by atoms with Crippen molar-refractivity contribution < 1.29 is 0 Å². The fourth-order valence-corrected chi connectivity index (χ4v) is 2.19. The number of guanidine groups is 2. The SMILES string of the molecule is CC(C)CCNC(N)=NCc1ccc(CN=C(N)NCCC(C)C)cc1. The lowest BCUT2D eigenvalue weighted by atomic mass is 10.1. The van der Waals surface area contributed by atoms with Gasteiger partial charge in [0.2, 0.25) is 0 Å². The number of rotatable bonds is 10. The van der Waals surface area contributed by atoms with Gasteiger partial charge in [-0.1, -0.05) is 52.0 Å². The Bertz CT molecular complexity index is 509. The van der Waals surface area contributed by atoms with Gasteiger partial charge < -0.3 is 22.1 Å². The Morgan fingerprint density at radius 1 is 0.769 bits per heavy atom. The predicted octanol–water partition coefficient (Wildman–Crippen LogP) is 2.59. The quantitative estimate of drug-likeness (QED) is 0.380. The van der Waals surface area contributed by atoms with Gasteiger partial charge in [0.05, 0.1) is 13.1 Å². The number of nitrogens with zero attached hydrogens (tertiary/aromatic N) is 2. The van der Waals surface area contributed by atoms with Gasteiger partial charge in [-0.15, -0.1) is 0 Å². The van der Waals surface area contributed by atoms with Gasteiger partial charge >= 0.3 is 0 Å². The third-order valence-corrected chi connectivity index (χ3v) is 3.94. The lowest BCUT2D eigenvalue weighted by Crippen LogP contribution is -2.33. The molecule has 0 aliphatic rings. The molecule has 0 fully saturated rings. The Kier molecular flexibility index (Phi) is 10.2. The van der Waals surface area contributed by atoms with E-state index in [0.717, 1.165) is 37.1 Å². The molecule has 0 saturated carbocycles. The van der Waals surface area contributed by atoms with Crippen LogP contribution in [0.4, 0.5) is 0 Å². The zero-order valence-corrected chi connectivity index (χ0v) is 16.8. The second-order valence-corrected chi connectivity index (χ2v) is 7.44. The number of nitrogens with one attached hydrogen (secondary N) is 2. The van der Waals surface area contributed by atoms with Gasteiger partial charge in [0.25, 0.3) is 0 Å². The van der Waals surface area contributed by atoms with E-state index in [1.165, 1.54) is 0 Å². The summed E-state index contributed by atoms with van der Waals surface area (Å²) in [7, 11) is 0. The topological polar surface area (TPSA) is 101 Å². The van der Waals surface area contributed by atoms with Crippen LogP contribution in [0.5, 0.6) is 0 Å². The molecule has 0 unspecified atom stereocenters. The number of hydrogen-bond acceptors (Lipinski definition) is 2. The molecule has 1 rings (SSSR count). The Morgan fingerprint density at radius 2 is 1.12 bits per heavy atom. The minimum Gasteiger partial charge on any atom is -0.370 e. The summed E-state index contributed by atoms with van der Waals surface area (Å²) in [5.74, 6) is 2.31. The molecule has 0 aliphatic heterocycles. The Labute approximate surface area is 158 Å². The van der Waals surface area contributed by atoms with Crippen molar-refractivity contribution in [2.45, 2.75) is 53.6 Å². The van der Waals surface area contributed by atoms with E-state index in [1.807, 2.05) is 0 Å². The monoisotopic (exact) mass is 360 g/mol. The van der Waals surface area contributed by atoms with Crippen LogP contribution in [0, 0.1) is 11.8 Å². The Balaban J connectivity index is 2.38. The van der Waals surface area contributed by atoms with E-state index in [2.05, 4.69) is 72.6 Å². The van der Waals surface area contributed by atoms with Crippen LogP contribution in [0.1, 0.15) is 51.7 Å². The van der Waals surface area contributed by atoms with E-state index >= 15 is 0 Å². The van der Waals surface area contributed by atoms with E-state index in [1.54, 1.807) is 0 Å². The molecule has 1 aromatic carbocycles. The highest BCUT2D eigenvalue weighted by Crippen LogP contribution is 2.07. The highest BCUT2D eigenvalue weighted by Gasteiger charge is 1.98. The number of aliphatic imine (C=N–C) groups is 2. The summed E-state index contributed by atoms with van der Waals surface area (Å²) < 4.78 is 0. The molecule has 0 aromatic heterocycles. The van der Waals surface area contributed by atoms with E-state index in [4.69, 9.17) is 11.5 Å². The molecule has 0 amide bonds. The first-order valence-corrected chi connectivity index (χ1v) is 9.52. The molecule has 6 N–H and O–H groups in total. The average Bonchev–Trinajstić information content (AvgIpc) is 2.58. The number of hydrogen-bond donors (Lipinski definition) is 4. The first-order valence-electron chi connectivity index (χ1n) is 9.52. The Hall–Kier alpha value is -2.24. The molecule has 0 spiro atoms. The molecule has 0 saturated heterocycles. The van der Waals surface area contributed by atoms with Gasteiger partial charge in [-0.25, -0.2) is 9.98 Å². The van der Waals surface area contributed by atoms with Crippen LogP contribution >= 0.6 is 0 Å². The van der Waals surface area contributed by atoms with Gasteiger partial charge in [0.1, 0.15) is 0 Å². The van der Waals surface area contributed by atoms with Crippen LogP contribution < -0.4 is 22.1 Å². The molecule has 146 valence electrons. The normalized spacial score (nSPS) is 12.7. The molecule has 6 nitrogen and oxygen atoms in total. The molecule has 0 radical (unpaired) electrons. The van der Waals surface area contributed by atoms with Crippen LogP contribution in [0.15, 0.2) is 34.3 Å². The molecular weight excluding hydrogens is 324 g/mol. The van der Waals surface area contributed by atoms with Crippen molar-refractivity contribution in [1.82, 2.24) is 10.6 Å². The van der Waals surface area contributed by atoms with Gasteiger partial charge in [0.15, 0.2) is 11.9 Å². The molecule has 0 atom stereocenters. The Morgan fingerprint density at radius 3 is 1.42 bits per heavy atom. The number of benzene rings is 1. The summed E-state index contributed by atoms with van der Waals surface area (Å²) in [6.07, 6.45) is 2.17. The van der Waals surface area contributed by atoms with E-state index in [0.29, 0.717) is 36.8 Å². The summed E-state index contributed by atoms with van der Waals surface area (Å²) in [6.45, 7) is 11.6. The van der Waals surface area contributed by atoms with Crippen LogP contribution in [-0.4, -0.2) is 25.0 Å². The maximum Gasteiger partial charge on any atom is 0.188 e. The molecule has 0 bridgehead atoms. The van der Waals surface area contributed by atoms with E-state index < -0.39 is 0 Å². The summed E-state index contributed by atoms with van der Waals surface area (Å²) >= 11 is 0. The minimum atomic E-state index is 0.500. The van der Waals surface area contributed by atoms with Crippen LogP contribution in [0.3, 0.4) is 0 Å². The fraction of sp³-hybridized carbons (Fsp3) is 0.600. The van der Waals surface area contributed by atoms with E-state index in [-0.39, 0.29) is 0 Å². The first-order chi connectivity index (χ1) is 12.4. The van der Waals surface area contributed by atoms with Crippen LogP contribution in [-0.2, 0) is 13.1 Å². The largest absolute Gasteiger partial charge is 0.370 e. The molecule has 0 heterocycles. The highest BCUT2D eigenvalue weighted by atomic mass is 15.1. The van der Waals surface area contributed by atoms with Crippen LogP contribution in [0.2, 0.25) is 0 Å². The standard InChI is InChI=1S/C20H36N6/c1-15(2)9-11-23-19(21)25-13-17-5-7-18(8-6-17)14-26-20(22)24-12-10-16(3)4/h5-8,15-16H,9-14H2,1-4H3,(H3,21,23,25)(H3,22,24,26). The minimum absolute atomic E-state index is 0.500. The van der Waals surface area contributed by atoms with Crippen molar-refractivity contribution in [3.05, 3.63) is 35.4 Å². The lowest BCUT2D eigenvalue weighted by molar-refractivity contribution is 0.576. The zero-order valence-electron chi connectivity index (χ0n) is 16.8. The van der Waals surface area contributed by atoms with Gasteiger partial charge in [-0.3, -0.25) is 0 Å². The molecule has 6 heteroatoms. The third kappa shape index (κ3) is 10.6. The van der Waals surface area contributed by atoms with Crippen molar-refractivity contribution in [3.8, 4) is 0 Å². The van der Waals surface area contributed by atoms with Crippen molar-refractivity contribution >= 4 is 11.9 Å². The molecule has 0 aliphatic carbocycles. The molecular formula is C20H36N6.